The van der Waals surface area contributed by atoms with Crippen molar-refractivity contribution < 1.29 is 14.3 Å². The number of carbonyl (C=O) groups is 2. The molecule has 1 atom stereocenters. The Morgan fingerprint density at radius 1 is 1.22 bits per heavy atom. The SMILES string of the molecule is CCOC(=O)c1ccc2c(c1)C(Cc1ccc(Br)cc1)C(=O)N2. The lowest BCUT2D eigenvalue weighted by molar-refractivity contribution is -0.117. The molecule has 1 amide bonds. The Bertz CT molecular complexity index is 755. The Morgan fingerprint density at radius 2 is 1.96 bits per heavy atom. The van der Waals surface area contributed by atoms with Crippen LogP contribution in [0.4, 0.5) is 5.69 Å². The van der Waals surface area contributed by atoms with Crippen LogP contribution < -0.4 is 5.32 Å². The number of carbonyl (C=O) groups excluding carboxylic acids is 2. The first-order chi connectivity index (χ1) is 11.1. The van der Waals surface area contributed by atoms with E-state index in [4.69, 9.17) is 4.74 Å². The molecule has 0 bridgehead atoms. The summed E-state index contributed by atoms with van der Waals surface area (Å²) in [5.74, 6) is -0.693. The first-order valence-corrected chi connectivity index (χ1v) is 8.24. The molecular weight excluding hydrogens is 358 g/mol. The topological polar surface area (TPSA) is 55.4 Å². The Kier molecular flexibility index (Phi) is 4.48. The second kappa shape index (κ2) is 6.54. The van der Waals surface area contributed by atoms with E-state index in [9.17, 15) is 9.59 Å². The first-order valence-electron chi connectivity index (χ1n) is 7.45. The number of anilines is 1. The lowest BCUT2D eigenvalue weighted by Gasteiger charge is -2.10. The molecule has 1 aliphatic heterocycles. The normalized spacial score (nSPS) is 15.9. The fourth-order valence-corrected chi connectivity index (χ4v) is 2.99. The third-order valence-electron chi connectivity index (χ3n) is 3.87. The molecular formula is C18H16BrNO3. The van der Waals surface area contributed by atoms with Gasteiger partial charge in [-0.05, 0) is 54.8 Å². The van der Waals surface area contributed by atoms with Crippen LogP contribution in [0.3, 0.4) is 0 Å². The van der Waals surface area contributed by atoms with Gasteiger partial charge in [0.25, 0.3) is 0 Å². The molecule has 0 saturated heterocycles. The van der Waals surface area contributed by atoms with Crippen LogP contribution in [0.5, 0.6) is 0 Å². The van der Waals surface area contributed by atoms with E-state index in [1.165, 1.54) is 0 Å². The van der Waals surface area contributed by atoms with Crippen molar-refractivity contribution in [3.05, 3.63) is 63.6 Å². The molecule has 1 aliphatic rings. The molecule has 0 aromatic heterocycles. The van der Waals surface area contributed by atoms with Gasteiger partial charge in [0, 0.05) is 10.2 Å². The van der Waals surface area contributed by atoms with E-state index in [-0.39, 0.29) is 17.8 Å². The number of nitrogens with one attached hydrogen (secondary N) is 1. The van der Waals surface area contributed by atoms with Gasteiger partial charge in [0.05, 0.1) is 18.1 Å². The van der Waals surface area contributed by atoms with Crippen molar-refractivity contribution in [2.75, 3.05) is 11.9 Å². The van der Waals surface area contributed by atoms with Crippen LogP contribution in [0.1, 0.15) is 34.3 Å². The predicted molar refractivity (Wildman–Crippen MR) is 91.6 cm³/mol. The van der Waals surface area contributed by atoms with Crippen LogP contribution in [0.15, 0.2) is 46.9 Å². The minimum absolute atomic E-state index is 0.0380. The number of benzene rings is 2. The van der Waals surface area contributed by atoms with Crippen molar-refractivity contribution >= 4 is 33.5 Å². The monoisotopic (exact) mass is 373 g/mol. The highest BCUT2D eigenvalue weighted by atomic mass is 79.9. The van der Waals surface area contributed by atoms with E-state index < -0.39 is 0 Å². The number of rotatable bonds is 4. The maximum atomic E-state index is 12.3. The summed E-state index contributed by atoms with van der Waals surface area (Å²) in [6, 6.07) is 13.1. The standard InChI is InChI=1S/C18H16BrNO3/c1-2-23-18(22)12-5-8-16-14(10-12)15(17(21)20-16)9-11-3-6-13(19)7-4-11/h3-8,10,15H,2,9H2,1H3,(H,20,21). The zero-order valence-electron chi connectivity index (χ0n) is 12.6. The Morgan fingerprint density at radius 3 is 2.65 bits per heavy atom. The number of hydrogen-bond acceptors (Lipinski definition) is 3. The number of ether oxygens (including phenoxy) is 1. The summed E-state index contributed by atoms with van der Waals surface area (Å²) in [5.41, 5.74) is 3.17. The molecule has 3 rings (SSSR count). The van der Waals surface area contributed by atoms with Crippen molar-refractivity contribution in [2.45, 2.75) is 19.3 Å². The fourth-order valence-electron chi connectivity index (χ4n) is 2.73. The van der Waals surface area contributed by atoms with E-state index in [0.717, 1.165) is 21.3 Å². The molecule has 1 unspecified atom stereocenters. The lowest BCUT2D eigenvalue weighted by Crippen LogP contribution is -2.14. The molecule has 118 valence electrons. The molecule has 1 N–H and O–H groups in total. The summed E-state index contributed by atoms with van der Waals surface area (Å²) in [4.78, 5) is 24.2. The van der Waals surface area contributed by atoms with Gasteiger partial charge in [0.15, 0.2) is 0 Å². The average Bonchev–Trinajstić information content (AvgIpc) is 2.85. The second-order valence-electron chi connectivity index (χ2n) is 5.39. The summed E-state index contributed by atoms with van der Waals surface area (Å²) in [7, 11) is 0. The maximum absolute atomic E-state index is 12.3. The molecule has 2 aromatic rings. The van der Waals surface area contributed by atoms with Crippen molar-refractivity contribution in [1.82, 2.24) is 0 Å². The molecule has 4 nitrogen and oxygen atoms in total. The highest BCUT2D eigenvalue weighted by Crippen LogP contribution is 2.35. The van der Waals surface area contributed by atoms with Gasteiger partial charge >= 0.3 is 5.97 Å². The molecule has 5 heteroatoms. The Hall–Kier alpha value is -2.14. The Labute approximate surface area is 143 Å². The summed E-state index contributed by atoms with van der Waals surface area (Å²) in [6.07, 6.45) is 0.596. The minimum Gasteiger partial charge on any atom is -0.462 e. The third-order valence-corrected chi connectivity index (χ3v) is 4.39. The fraction of sp³-hybridized carbons (Fsp3) is 0.222. The minimum atomic E-state index is -0.364. The zero-order chi connectivity index (χ0) is 16.4. The molecule has 0 spiro atoms. The molecule has 2 aromatic carbocycles. The number of amides is 1. The van der Waals surface area contributed by atoms with Crippen LogP contribution in [0.2, 0.25) is 0 Å². The molecule has 23 heavy (non-hydrogen) atoms. The molecule has 0 aliphatic carbocycles. The van der Waals surface area contributed by atoms with Crippen LogP contribution in [-0.2, 0) is 16.0 Å². The van der Waals surface area contributed by atoms with Crippen LogP contribution in [0, 0.1) is 0 Å². The van der Waals surface area contributed by atoms with Crippen LogP contribution >= 0.6 is 15.9 Å². The van der Waals surface area contributed by atoms with E-state index in [0.29, 0.717) is 18.6 Å². The molecule has 0 fully saturated rings. The van der Waals surface area contributed by atoms with Gasteiger partial charge in [0.2, 0.25) is 5.91 Å². The highest BCUT2D eigenvalue weighted by Gasteiger charge is 2.31. The smallest absolute Gasteiger partial charge is 0.338 e. The van der Waals surface area contributed by atoms with Gasteiger partial charge in [-0.15, -0.1) is 0 Å². The van der Waals surface area contributed by atoms with Gasteiger partial charge in [-0.1, -0.05) is 28.1 Å². The van der Waals surface area contributed by atoms with Gasteiger partial charge in [-0.25, -0.2) is 4.79 Å². The van der Waals surface area contributed by atoms with Crippen molar-refractivity contribution in [2.24, 2.45) is 0 Å². The summed E-state index contributed by atoms with van der Waals surface area (Å²) < 4.78 is 6.03. The van der Waals surface area contributed by atoms with Gasteiger partial charge in [0.1, 0.15) is 0 Å². The Balaban J connectivity index is 1.89. The third kappa shape index (κ3) is 3.29. The van der Waals surface area contributed by atoms with E-state index in [1.807, 2.05) is 24.3 Å². The molecule has 1 heterocycles. The van der Waals surface area contributed by atoms with E-state index >= 15 is 0 Å². The van der Waals surface area contributed by atoms with Crippen molar-refractivity contribution in [3.63, 3.8) is 0 Å². The van der Waals surface area contributed by atoms with Crippen LogP contribution in [0.25, 0.3) is 0 Å². The summed E-state index contributed by atoms with van der Waals surface area (Å²) in [5, 5.41) is 2.88. The maximum Gasteiger partial charge on any atom is 0.338 e. The zero-order valence-corrected chi connectivity index (χ0v) is 14.2. The average molecular weight is 374 g/mol. The number of hydrogen-bond donors (Lipinski definition) is 1. The van der Waals surface area contributed by atoms with Gasteiger partial charge in [-0.3, -0.25) is 4.79 Å². The lowest BCUT2D eigenvalue weighted by atomic mass is 9.92. The molecule has 0 saturated carbocycles. The largest absolute Gasteiger partial charge is 0.462 e. The number of halogens is 1. The summed E-state index contributed by atoms with van der Waals surface area (Å²) >= 11 is 3.41. The molecule has 0 radical (unpaired) electrons. The quantitative estimate of drug-likeness (QED) is 0.826. The van der Waals surface area contributed by atoms with E-state index in [2.05, 4.69) is 21.2 Å². The van der Waals surface area contributed by atoms with Crippen LogP contribution in [-0.4, -0.2) is 18.5 Å². The van der Waals surface area contributed by atoms with Gasteiger partial charge < -0.3 is 10.1 Å². The first kappa shape index (κ1) is 15.7. The number of esters is 1. The predicted octanol–water partition coefficient (Wildman–Crippen LogP) is 3.90. The summed E-state index contributed by atoms with van der Waals surface area (Å²) in [6.45, 7) is 2.10. The number of fused-ring (bicyclic) bond motifs is 1. The highest BCUT2D eigenvalue weighted by molar-refractivity contribution is 9.10. The van der Waals surface area contributed by atoms with Crippen molar-refractivity contribution in [3.8, 4) is 0 Å². The van der Waals surface area contributed by atoms with Crippen molar-refractivity contribution in [1.29, 1.82) is 0 Å². The second-order valence-corrected chi connectivity index (χ2v) is 6.31. The van der Waals surface area contributed by atoms with Gasteiger partial charge in [-0.2, -0.15) is 0 Å². The van der Waals surface area contributed by atoms with E-state index in [1.54, 1.807) is 25.1 Å².